The zero-order valence-corrected chi connectivity index (χ0v) is 9.98. The van der Waals surface area contributed by atoms with E-state index < -0.39 is 0 Å². The number of anilines is 1. The van der Waals surface area contributed by atoms with Crippen molar-refractivity contribution in [3.05, 3.63) is 66.1 Å². The molecular formula is C15H11FN2O. The number of hydrogen-bond donors (Lipinski definition) is 2. The van der Waals surface area contributed by atoms with Gasteiger partial charge in [0.05, 0.1) is 11.2 Å². The van der Waals surface area contributed by atoms with Crippen molar-refractivity contribution in [2.45, 2.75) is 0 Å². The molecule has 0 saturated heterocycles. The maximum absolute atomic E-state index is 12.8. The molecule has 2 aromatic carbocycles. The summed E-state index contributed by atoms with van der Waals surface area (Å²) in [6.45, 7) is 0. The molecule has 0 bridgehead atoms. The molecule has 0 radical (unpaired) electrons. The molecule has 94 valence electrons. The Bertz CT molecular complexity index is 731. The molecule has 0 atom stereocenters. The highest BCUT2D eigenvalue weighted by molar-refractivity contribution is 6.08. The molecule has 1 aromatic heterocycles. The number of benzene rings is 2. The topological polar surface area (TPSA) is 44.9 Å². The fourth-order valence-electron chi connectivity index (χ4n) is 1.98. The zero-order chi connectivity index (χ0) is 13.2. The molecule has 19 heavy (non-hydrogen) atoms. The molecule has 1 amide bonds. The fourth-order valence-corrected chi connectivity index (χ4v) is 1.98. The fraction of sp³-hybridized carbons (Fsp3) is 0. The molecule has 0 aliphatic rings. The summed E-state index contributed by atoms with van der Waals surface area (Å²) in [7, 11) is 0. The van der Waals surface area contributed by atoms with E-state index in [-0.39, 0.29) is 11.7 Å². The van der Waals surface area contributed by atoms with Crippen molar-refractivity contribution < 1.29 is 9.18 Å². The normalized spacial score (nSPS) is 10.6. The predicted molar refractivity (Wildman–Crippen MR) is 72.7 cm³/mol. The highest BCUT2D eigenvalue weighted by atomic mass is 19.1. The van der Waals surface area contributed by atoms with Crippen LogP contribution in [0.5, 0.6) is 0 Å². The van der Waals surface area contributed by atoms with E-state index in [4.69, 9.17) is 0 Å². The first kappa shape index (κ1) is 11.5. The van der Waals surface area contributed by atoms with Gasteiger partial charge < -0.3 is 10.3 Å². The number of halogens is 1. The Hall–Kier alpha value is -2.62. The van der Waals surface area contributed by atoms with Gasteiger partial charge in [-0.25, -0.2) is 4.39 Å². The number of para-hydroxylation sites is 1. The summed E-state index contributed by atoms with van der Waals surface area (Å²) < 4.78 is 12.8. The molecule has 3 rings (SSSR count). The Morgan fingerprint density at radius 3 is 2.63 bits per heavy atom. The Morgan fingerprint density at radius 2 is 1.84 bits per heavy atom. The van der Waals surface area contributed by atoms with Crippen LogP contribution >= 0.6 is 0 Å². The summed E-state index contributed by atoms with van der Waals surface area (Å²) >= 11 is 0. The number of aromatic nitrogens is 1. The average Bonchev–Trinajstić information content (AvgIpc) is 2.89. The van der Waals surface area contributed by atoms with Crippen LogP contribution in [0.1, 0.15) is 10.4 Å². The van der Waals surface area contributed by atoms with Crippen LogP contribution in [0.4, 0.5) is 10.1 Å². The van der Waals surface area contributed by atoms with Gasteiger partial charge in [0.25, 0.3) is 5.91 Å². The van der Waals surface area contributed by atoms with Crippen molar-refractivity contribution >= 4 is 22.5 Å². The maximum atomic E-state index is 12.8. The third-order valence-corrected chi connectivity index (χ3v) is 2.94. The second kappa shape index (κ2) is 4.57. The maximum Gasteiger partial charge on any atom is 0.255 e. The number of hydrogen-bond acceptors (Lipinski definition) is 1. The van der Waals surface area contributed by atoms with Crippen molar-refractivity contribution in [1.29, 1.82) is 0 Å². The molecule has 0 saturated carbocycles. The first-order chi connectivity index (χ1) is 9.24. The summed E-state index contributed by atoms with van der Waals surface area (Å²) in [5.41, 5.74) is 2.00. The minimum absolute atomic E-state index is 0.262. The molecule has 0 spiro atoms. The third kappa shape index (κ3) is 2.20. The highest BCUT2D eigenvalue weighted by Gasteiger charge is 2.08. The smallest absolute Gasteiger partial charge is 0.255 e. The van der Waals surface area contributed by atoms with E-state index in [1.807, 2.05) is 30.5 Å². The second-order valence-electron chi connectivity index (χ2n) is 4.21. The van der Waals surface area contributed by atoms with E-state index in [2.05, 4.69) is 10.3 Å². The molecule has 0 aliphatic heterocycles. The van der Waals surface area contributed by atoms with E-state index in [0.717, 1.165) is 10.9 Å². The van der Waals surface area contributed by atoms with E-state index in [1.165, 1.54) is 24.3 Å². The predicted octanol–water partition coefficient (Wildman–Crippen LogP) is 3.56. The van der Waals surface area contributed by atoms with Crippen LogP contribution in [-0.2, 0) is 0 Å². The lowest BCUT2D eigenvalue weighted by Crippen LogP contribution is -2.12. The van der Waals surface area contributed by atoms with Gasteiger partial charge >= 0.3 is 0 Å². The monoisotopic (exact) mass is 254 g/mol. The number of H-pyrrole nitrogens is 1. The summed E-state index contributed by atoms with van der Waals surface area (Å²) in [4.78, 5) is 15.1. The molecule has 4 heteroatoms. The largest absolute Gasteiger partial charge is 0.359 e. The van der Waals surface area contributed by atoms with E-state index in [0.29, 0.717) is 11.3 Å². The first-order valence-corrected chi connectivity index (χ1v) is 5.87. The van der Waals surface area contributed by atoms with Crippen LogP contribution in [0.2, 0.25) is 0 Å². The molecule has 3 aromatic rings. The van der Waals surface area contributed by atoms with Crippen LogP contribution in [0.15, 0.2) is 54.7 Å². The Kier molecular flexibility index (Phi) is 2.76. The zero-order valence-electron chi connectivity index (χ0n) is 9.98. The Labute approximate surface area is 109 Å². The van der Waals surface area contributed by atoms with Crippen LogP contribution in [-0.4, -0.2) is 10.9 Å². The number of aromatic amines is 1. The van der Waals surface area contributed by atoms with Crippen molar-refractivity contribution in [1.82, 2.24) is 4.98 Å². The van der Waals surface area contributed by atoms with E-state index in [9.17, 15) is 9.18 Å². The number of rotatable bonds is 2. The standard InChI is InChI=1S/C15H11FN2O/c16-12-6-4-11(5-7-12)15(19)18-13-3-1-2-10-8-9-17-14(10)13/h1-9,17H,(H,18,19). The Morgan fingerprint density at radius 1 is 1.05 bits per heavy atom. The molecule has 3 nitrogen and oxygen atoms in total. The van der Waals surface area contributed by atoms with Crippen molar-refractivity contribution in [3.63, 3.8) is 0 Å². The third-order valence-electron chi connectivity index (χ3n) is 2.94. The second-order valence-corrected chi connectivity index (χ2v) is 4.21. The van der Waals surface area contributed by atoms with Gasteiger partial charge in [-0.3, -0.25) is 4.79 Å². The number of fused-ring (bicyclic) bond motifs is 1. The summed E-state index contributed by atoms with van der Waals surface area (Å²) in [5, 5.41) is 3.84. The lowest BCUT2D eigenvalue weighted by Gasteiger charge is -2.06. The SMILES string of the molecule is O=C(Nc1cccc2cc[nH]c12)c1ccc(F)cc1. The number of carbonyl (C=O) groups excluding carboxylic acids is 1. The quantitative estimate of drug-likeness (QED) is 0.721. The number of amides is 1. The molecule has 0 aliphatic carbocycles. The van der Waals surface area contributed by atoms with Crippen molar-refractivity contribution in [2.24, 2.45) is 0 Å². The molecular weight excluding hydrogens is 243 g/mol. The molecule has 0 unspecified atom stereocenters. The van der Waals surface area contributed by atoms with E-state index in [1.54, 1.807) is 0 Å². The van der Waals surface area contributed by atoms with Gasteiger partial charge in [0.2, 0.25) is 0 Å². The van der Waals surface area contributed by atoms with Gasteiger partial charge in [0, 0.05) is 17.1 Å². The molecule has 0 fully saturated rings. The van der Waals surface area contributed by atoms with Crippen LogP contribution in [0.3, 0.4) is 0 Å². The lowest BCUT2D eigenvalue weighted by molar-refractivity contribution is 0.102. The minimum Gasteiger partial charge on any atom is -0.359 e. The van der Waals surface area contributed by atoms with Crippen molar-refractivity contribution in [3.8, 4) is 0 Å². The summed E-state index contributed by atoms with van der Waals surface area (Å²) in [6.07, 6.45) is 1.82. The van der Waals surface area contributed by atoms with Crippen LogP contribution < -0.4 is 5.32 Å². The van der Waals surface area contributed by atoms with Gasteiger partial charge in [-0.05, 0) is 36.4 Å². The van der Waals surface area contributed by atoms with Gasteiger partial charge in [-0.2, -0.15) is 0 Å². The first-order valence-electron chi connectivity index (χ1n) is 5.87. The summed E-state index contributed by atoms with van der Waals surface area (Å²) in [5.74, 6) is -0.620. The Balaban J connectivity index is 1.90. The van der Waals surface area contributed by atoms with E-state index >= 15 is 0 Å². The van der Waals surface area contributed by atoms with Crippen LogP contribution in [0, 0.1) is 5.82 Å². The highest BCUT2D eigenvalue weighted by Crippen LogP contribution is 2.22. The van der Waals surface area contributed by atoms with Crippen molar-refractivity contribution in [2.75, 3.05) is 5.32 Å². The van der Waals surface area contributed by atoms with Gasteiger partial charge in [0.15, 0.2) is 0 Å². The van der Waals surface area contributed by atoms with Gasteiger partial charge in [0.1, 0.15) is 5.82 Å². The minimum atomic E-state index is -0.358. The molecule has 1 heterocycles. The number of carbonyl (C=O) groups is 1. The number of nitrogens with one attached hydrogen (secondary N) is 2. The van der Waals surface area contributed by atoms with Gasteiger partial charge in [-0.1, -0.05) is 12.1 Å². The lowest BCUT2D eigenvalue weighted by atomic mass is 10.2. The average molecular weight is 254 g/mol. The molecule has 2 N–H and O–H groups in total. The summed E-state index contributed by atoms with van der Waals surface area (Å²) in [6, 6.07) is 13.0. The van der Waals surface area contributed by atoms with Crippen LogP contribution in [0.25, 0.3) is 10.9 Å². The van der Waals surface area contributed by atoms with Gasteiger partial charge in [-0.15, -0.1) is 0 Å².